The highest BCUT2D eigenvalue weighted by atomic mass is 35.5. The van der Waals surface area contributed by atoms with E-state index < -0.39 is 34.2 Å². The Hall–Kier alpha value is -1.75. The standard InChI is InChI=1S/C14H9ClF4O/c1-20-8-5-11(18)13(12(19)6-8)14(15)9-3-2-7(16)4-10(9)17/h2-6,14H,1H3. The molecule has 0 radical (unpaired) electrons. The van der Waals surface area contributed by atoms with Crippen molar-refractivity contribution in [3.63, 3.8) is 0 Å². The highest BCUT2D eigenvalue weighted by Crippen LogP contribution is 2.35. The number of ether oxygens (including phenoxy) is 1. The van der Waals surface area contributed by atoms with Gasteiger partial charge in [0.05, 0.1) is 12.5 Å². The van der Waals surface area contributed by atoms with Gasteiger partial charge >= 0.3 is 0 Å². The summed E-state index contributed by atoms with van der Waals surface area (Å²) in [7, 11) is 1.26. The summed E-state index contributed by atoms with van der Waals surface area (Å²) < 4.78 is 58.8. The monoisotopic (exact) mass is 304 g/mol. The SMILES string of the molecule is COc1cc(F)c(C(Cl)c2ccc(F)cc2F)c(F)c1. The Morgan fingerprint density at radius 1 is 0.950 bits per heavy atom. The van der Waals surface area contributed by atoms with E-state index in [1.54, 1.807) is 0 Å². The van der Waals surface area contributed by atoms with Crippen molar-refractivity contribution in [2.24, 2.45) is 0 Å². The molecule has 2 rings (SSSR count). The van der Waals surface area contributed by atoms with Crippen LogP contribution in [-0.4, -0.2) is 7.11 Å². The predicted octanol–water partition coefficient (Wildman–Crippen LogP) is 4.58. The fourth-order valence-corrected chi connectivity index (χ4v) is 2.17. The highest BCUT2D eigenvalue weighted by molar-refractivity contribution is 6.22. The van der Waals surface area contributed by atoms with Crippen LogP contribution in [0.15, 0.2) is 30.3 Å². The van der Waals surface area contributed by atoms with Crippen LogP contribution in [0.5, 0.6) is 5.75 Å². The number of alkyl halides is 1. The van der Waals surface area contributed by atoms with Gasteiger partial charge in [-0.05, 0) is 6.07 Å². The summed E-state index contributed by atoms with van der Waals surface area (Å²) in [5, 5.41) is -1.42. The minimum Gasteiger partial charge on any atom is -0.497 e. The van der Waals surface area contributed by atoms with E-state index >= 15 is 0 Å². The van der Waals surface area contributed by atoms with Gasteiger partial charge in [-0.2, -0.15) is 0 Å². The predicted molar refractivity (Wildman–Crippen MR) is 67.0 cm³/mol. The lowest BCUT2D eigenvalue weighted by molar-refractivity contribution is 0.405. The van der Waals surface area contributed by atoms with Gasteiger partial charge < -0.3 is 4.74 Å². The molecule has 0 bridgehead atoms. The van der Waals surface area contributed by atoms with Gasteiger partial charge in [-0.15, -0.1) is 11.6 Å². The topological polar surface area (TPSA) is 9.23 Å². The second-order valence-electron chi connectivity index (χ2n) is 4.03. The molecular formula is C14H9ClF4O. The van der Waals surface area contributed by atoms with Crippen LogP contribution < -0.4 is 4.74 Å². The van der Waals surface area contributed by atoms with Crippen LogP contribution >= 0.6 is 11.6 Å². The summed E-state index contributed by atoms with van der Waals surface area (Å²) >= 11 is 5.91. The van der Waals surface area contributed by atoms with E-state index in [4.69, 9.17) is 16.3 Å². The molecule has 0 aliphatic rings. The molecule has 0 saturated heterocycles. The van der Waals surface area contributed by atoms with Crippen LogP contribution in [-0.2, 0) is 0 Å². The van der Waals surface area contributed by atoms with Gasteiger partial charge in [0, 0.05) is 29.3 Å². The minimum atomic E-state index is -1.42. The second-order valence-corrected chi connectivity index (χ2v) is 4.47. The van der Waals surface area contributed by atoms with Crippen LogP contribution in [0.25, 0.3) is 0 Å². The van der Waals surface area contributed by atoms with E-state index in [0.717, 1.165) is 24.3 Å². The lowest BCUT2D eigenvalue weighted by Crippen LogP contribution is -2.04. The first kappa shape index (κ1) is 14.7. The van der Waals surface area contributed by atoms with E-state index in [-0.39, 0.29) is 11.3 Å². The van der Waals surface area contributed by atoms with Crippen LogP contribution in [0.1, 0.15) is 16.5 Å². The van der Waals surface area contributed by atoms with Crippen molar-refractivity contribution in [3.05, 3.63) is 64.7 Å². The third kappa shape index (κ3) is 2.72. The molecule has 0 amide bonds. The minimum absolute atomic E-state index is 0.0211. The van der Waals surface area contributed by atoms with Gasteiger partial charge in [0.25, 0.3) is 0 Å². The largest absolute Gasteiger partial charge is 0.497 e. The molecule has 1 nitrogen and oxygen atoms in total. The zero-order chi connectivity index (χ0) is 14.9. The van der Waals surface area contributed by atoms with Crippen LogP contribution in [0.3, 0.4) is 0 Å². The number of benzene rings is 2. The molecule has 0 fully saturated rings. The van der Waals surface area contributed by atoms with Crippen LogP contribution in [0, 0.1) is 23.3 Å². The maximum Gasteiger partial charge on any atom is 0.134 e. The second kappa shape index (κ2) is 5.71. The van der Waals surface area contributed by atoms with Crippen molar-refractivity contribution in [2.45, 2.75) is 5.38 Å². The first-order chi connectivity index (χ1) is 9.43. The molecule has 20 heavy (non-hydrogen) atoms. The summed E-state index contributed by atoms with van der Waals surface area (Å²) in [4.78, 5) is 0. The number of halogens is 5. The normalized spacial score (nSPS) is 12.3. The highest BCUT2D eigenvalue weighted by Gasteiger charge is 2.23. The molecule has 0 aliphatic carbocycles. The van der Waals surface area contributed by atoms with Gasteiger partial charge in [0.15, 0.2) is 0 Å². The van der Waals surface area contributed by atoms with Crippen molar-refractivity contribution < 1.29 is 22.3 Å². The lowest BCUT2D eigenvalue weighted by Gasteiger charge is -2.14. The smallest absolute Gasteiger partial charge is 0.134 e. The first-order valence-electron chi connectivity index (χ1n) is 5.56. The third-order valence-corrected chi connectivity index (χ3v) is 3.23. The number of hydrogen-bond donors (Lipinski definition) is 0. The van der Waals surface area contributed by atoms with E-state index in [2.05, 4.69) is 0 Å². The molecule has 1 atom stereocenters. The van der Waals surface area contributed by atoms with Gasteiger partial charge in [-0.1, -0.05) is 6.07 Å². The molecule has 6 heteroatoms. The molecule has 0 N–H and O–H groups in total. The fraction of sp³-hybridized carbons (Fsp3) is 0.143. The molecule has 0 heterocycles. The Morgan fingerprint density at radius 2 is 1.55 bits per heavy atom. The van der Waals surface area contributed by atoms with E-state index in [0.29, 0.717) is 6.07 Å². The fourth-order valence-electron chi connectivity index (χ4n) is 1.78. The summed E-state index contributed by atoms with van der Waals surface area (Å²) in [5.74, 6) is -3.73. The van der Waals surface area contributed by atoms with Gasteiger partial charge in [-0.3, -0.25) is 0 Å². The molecule has 0 aliphatic heterocycles. The molecular weight excluding hydrogens is 296 g/mol. The maximum absolute atomic E-state index is 13.8. The Bertz CT molecular complexity index is 622. The molecule has 2 aromatic rings. The summed E-state index contributed by atoms with van der Waals surface area (Å²) in [6.45, 7) is 0. The van der Waals surface area contributed by atoms with Crippen molar-refractivity contribution in [3.8, 4) is 5.75 Å². The van der Waals surface area contributed by atoms with Crippen molar-refractivity contribution >= 4 is 11.6 Å². The Labute approximate surface area is 117 Å². The molecule has 0 spiro atoms. The molecule has 0 saturated carbocycles. The van der Waals surface area contributed by atoms with Gasteiger partial charge in [0.2, 0.25) is 0 Å². The number of methoxy groups -OCH3 is 1. The van der Waals surface area contributed by atoms with E-state index in [1.165, 1.54) is 7.11 Å². The average Bonchev–Trinajstić information content (AvgIpc) is 2.37. The third-order valence-electron chi connectivity index (χ3n) is 2.78. The van der Waals surface area contributed by atoms with Crippen molar-refractivity contribution in [1.82, 2.24) is 0 Å². The average molecular weight is 305 g/mol. The maximum atomic E-state index is 13.8. The zero-order valence-electron chi connectivity index (χ0n) is 10.3. The Balaban J connectivity index is 2.50. The van der Waals surface area contributed by atoms with E-state index in [1.807, 2.05) is 0 Å². The zero-order valence-corrected chi connectivity index (χ0v) is 11.0. The van der Waals surface area contributed by atoms with Crippen LogP contribution in [0.2, 0.25) is 0 Å². The van der Waals surface area contributed by atoms with Crippen molar-refractivity contribution in [2.75, 3.05) is 7.11 Å². The Morgan fingerprint density at radius 3 is 2.05 bits per heavy atom. The lowest BCUT2D eigenvalue weighted by atomic mass is 10.0. The summed E-state index contributed by atoms with van der Waals surface area (Å²) in [6, 6.07) is 4.49. The van der Waals surface area contributed by atoms with Crippen molar-refractivity contribution in [1.29, 1.82) is 0 Å². The quantitative estimate of drug-likeness (QED) is 0.596. The molecule has 1 unspecified atom stereocenters. The molecule has 2 aromatic carbocycles. The molecule has 106 valence electrons. The van der Waals surface area contributed by atoms with E-state index in [9.17, 15) is 17.6 Å². The van der Waals surface area contributed by atoms with Gasteiger partial charge in [-0.25, -0.2) is 17.6 Å². The Kier molecular flexibility index (Phi) is 4.18. The summed E-state index contributed by atoms with van der Waals surface area (Å²) in [6.07, 6.45) is 0. The van der Waals surface area contributed by atoms with Gasteiger partial charge in [0.1, 0.15) is 29.0 Å². The number of hydrogen-bond acceptors (Lipinski definition) is 1. The first-order valence-corrected chi connectivity index (χ1v) is 5.99. The number of rotatable bonds is 3. The molecule has 0 aromatic heterocycles. The van der Waals surface area contributed by atoms with Crippen LogP contribution in [0.4, 0.5) is 17.6 Å². The summed E-state index contributed by atoms with van der Waals surface area (Å²) in [5.41, 5.74) is -0.728.